The highest BCUT2D eigenvalue weighted by molar-refractivity contribution is 5.77. The molecule has 122 valence electrons. The first-order valence-electron chi connectivity index (χ1n) is 7.46. The van der Waals surface area contributed by atoms with Gasteiger partial charge in [0.25, 0.3) is 0 Å². The monoisotopic (exact) mass is 314 g/mol. The van der Waals surface area contributed by atoms with E-state index in [-0.39, 0.29) is 18.4 Å². The van der Waals surface area contributed by atoms with Crippen LogP contribution in [-0.4, -0.2) is 19.6 Å². The molecule has 1 atom stereocenters. The van der Waals surface area contributed by atoms with Gasteiger partial charge in [-0.1, -0.05) is 30.3 Å². The Labute approximate surface area is 136 Å². The second-order valence-corrected chi connectivity index (χ2v) is 5.32. The number of primary amides is 1. The normalized spacial score (nSPS) is 11.7. The molecular weight excluding hydrogens is 292 g/mol. The van der Waals surface area contributed by atoms with Gasteiger partial charge in [-0.2, -0.15) is 0 Å². The van der Waals surface area contributed by atoms with Crippen LogP contribution in [0.1, 0.15) is 11.1 Å². The average molecular weight is 314 g/mol. The molecule has 0 aliphatic rings. The number of hydrogen-bond donors (Lipinski definition) is 2. The van der Waals surface area contributed by atoms with Gasteiger partial charge in [0.1, 0.15) is 18.1 Å². The summed E-state index contributed by atoms with van der Waals surface area (Å²) in [6.45, 7) is 0.722. The number of carbonyl (C=O) groups excluding carboxylic acids is 1. The first-order chi connectivity index (χ1) is 11.1. The summed E-state index contributed by atoms with van der Waals surface area (Å²) in [5.41, 5.74) is 12.9. The number of hydrogen-bond acceptors (Lipinski definition) is 4. The molecule has 0 radical (unpaired) electrons. The molecule has 5 heteroatoms. The molecule has 5 nitrogen and oxygen atoms in total. The molecule has 2 rings (SSSR count). The third-order valence-corrected chi connectivity index (χ3v) is 3.64. The lowest BCUT2D eigenvalue weighted by Gasteiger charge is -2.11. The highest BCUT2D eigenvalue weighted by Crippen LogP contribution is 2.20. The molecule has 0 fully saturated rings. The van der Waals surface area contributed by atoms with Crippen molar-refractivity contribution in [3.63, 3.8) is 0 Å². The van der Waals surface area contributed by atoms with Crippen molar-refractivity contribution in [1.82, 2.24) is 0 Å². The summed E-state index contributed by atoms with van der Waals surface area (Å²) in [5.74, 6) is 0.828. The summed E-state index contributed by atoms with van der Waals surface area (Å²) in [6.07, 6.45) is 0.558. The number of rotatable bonds is 8. The first-order valence-corrected chi connectivity index (χ1v) is 7.46. The van der Waals surface area contributed by atoms with Crippen LogP contribution in [0.3, 0.4) is 0 Å². The number of carbonyl (C=O) groups is 1. The first kappa shape index (κ1) is 16.8. The topological polar surface area (TPSA) is 87.6 Å². The van der Waals surface area contributed by atoms with Gasteiger partial charge in [-0.15, -0.1) is 0 Å². The summed E-state index contributed by atoms with van der Waals surface area (Å²) in [5, 5.41) is 0. The SMILES string of the molecule is COc1cccc(OCc2ccc(C[C@@H](CN)C(N)=O)cc2)c1. The predicted octanol–water partition coefficient (Wildman–Crippen LogP) is 1.88. The van der Waals surface area contributed by atoms with Crippen LogP contribution in [0.2, 0.25) is 0 Å². The van der Waals surface area contributed by atoms with E-state index in [0.717, 1.165) is 22.6 Å². The molecule has 0 aliphatic carbocycles. The zero-order valence-corrected chi connectivity index (χ0v) is 13.2. The Kier molecular flexibility index (Phi) is 6.00. The Morgan fingerprint density at radius 1 is 1.09 bits per heavy atom. The minimum atomic E-state index is -0.363. The van der Waals surface area contributed by atoms with E-state index in [2.05, 4.69) is 0 Å². The van der Waals surface area contributed by atoms with Crippen LogP contribution in [0.4, 0.5) is 0 Å². The van der Waals surface area contributed by atoms with Gasteiger partial charge in [-0.25, -0.2) is 0 Å². The molecule has 0 aliphatic heterocycles. The number of nitrogens with two attached hydrogens (primary N) is 2. The van der Waals surface area contributed by atoms with Gasteiger partial charge in [0.15, 0.2) is 0 Å². The fraction of sp³-hybridized carbons (Fsp3) is 0.278. The van der Waals surface area contributed by atoms with Crippen LogP contribution >= 0.6 is 0 Å². The second kappa shape index (κ2) is 8.19. The summed E-state index contributed by atoms with van der Waals surface area (Å²) >= 11 is 0. The van der Waals surface area contributed by atoms with Gasteiger partial charge in [0, 0.05) is 12.6 Å². The zero-order chi connectivity index (χ0) is 16.7. The van der Waals surface area contributed by atoms with Crippen LogP contribution in [0.15, 0.2) is 48.5 Å². The van der Waals surface area contributed by atoms with E-state index in [0.29, 0.717) is 13.0 Å². The van der Waals surface area contributed by atoms with E-state index in [1.54, 1.807) is 7.11 Å². The maximum Gasteiger partial charge on any atom is 0.222 e. The van der Waals surface area contributed by atoms with E-state index in [4.69, 9.17) is 20.9 Å². The fourth-order valence-corrected chi connectivity index (χ4v) is 2.21. The van der Waals surface area contributed by atoms with Crippen LogP contribution in [0, 0.1) is 5.92 Å². The van der Waals surface area contributed by atoms with Crippen molar-refractivity contribution in [1.29, 1.82) is 0 Å². The molecule has 0 spiro atoms. The number of amides is 1. The second-order valence-electron chi connectivity index (χ2n) is 5.32. The molecule has 0 heterocycles. The van der Waals surface area contributed by atoms with Crippen molar-refractivity contribution >= 4 is 5.91 Å². The Morgan fingerprint density at radius 3 is 2.35 bits per heavy atom. The van der Waals surface area contributed by atoms with Gasteiger partial charge in [-0.3, -0.25) is 4.79 Å². The van der Waals surface area contributed by atoms with E-state index >= 15 is 0 Å². The van der Waals surface area contributed by atoms with Crippen molar-refractivity contribution in [2.24, 2.45) is 17.4 Å². The van der Waals surface area contributed by atoms with Gasteiger partial charge in [0.2, 0.25) is 5.91 Å². The Balaban J connectivity index is 1.93. The highest BCUT2D eigenvalue weighted by Gasteiger charge is 2.13. The molecule has 0 saturated heterocycles. The number of ether oxygens (including phenoxy) is 2. The van der Waals surface area contributed by atoms with E-state index < -0.39 is 0 Å². The summed E-state index contributed by atoms with van der Waals surface area (Å²) in [4.78, 5) is 11.2. The van der Waals surface area contributed by atoms with Crippen molar-refractivity contribution in [3.05, 3.63) is 59.7 Å². The van der Waals surface area contributed by atoms with Crippen molar-refractivity contribution in [2.75, 3.05) is 13.7 Å². The van der Waals surface area contributed by atoms with Crippen LogP contribution in [-0.2, 0) is 17.8 Å². The minimum Gasteiger partial charge on any atom is -0.497 e. The van der Waals surface area contributed by atoms with Crippen molar-refractivity contribution < 1.29 is 14.3 Å². The lowest BCUT2D eigenvalue weighted by Crippen LogP contribution is -2.31. The molecule has 4 N–H and O–H groups in total. The molecular formula is C18H22N2O3. The molecule has 2 aromatic carbocycles. The van der Waals surface area contributed by atoms with Crippen molar-refractivity contribution in [3.8, 4) is 11.5 Å². The predicted molar refractivity (Wildman–Crippen MR) is 89.2 cm³/mol. The summed E-state index contributed by atoms with van der Waals surface area (Å²) in [6, 6.07) is 15.4. The van der Waals surface area contributed by atoms with E-state index in [9.17, 15) is 4.79 Å². The minimum absolute atomic E-state index is 0.260. The van der Waals surface area contributed by atoms with Crippen LogP contribution < -0.4 is 20.9 Å². The third-order valence-electron chi connectivity index (χ3n) is 3.64. The Bertz CT molecular complexity index is 641. The third kappa shape index (κ3) is 5.00. The smallest absolute Gasteiger partial charge is 0.222 e. The van der Waals surface area contributed by atoms with Crippen LogP contribution in [0.5, 0.6) is 11.5 Å². The number of benzene rings is 2. The van der Waals surface area contributed by atoms with Crippen molar-refractivity contribution in [2.45, 2.75) is 13.0 Å². The molecule has 0 unspecified atom stereocenters. The Hall–Kier alpha value is -2.53. The van der Waals surface area contributed by atoms with Gasteiger partial charge >= 0.3 is 0 Å². The van der Waals surface area contributed by atoms with E-state index in [1.165, 1.54) is 0 Å². The fourth-order valence-electron chi connectivity index (χ4n) is 2.21. The molecule has 23 heavy (non-hydrogen) atoms. The summed E-state index contributed by atoms with van der Waals surface area (Å²) < 4.78 is 10.9. The Morgan fingerprint density at radius 2 is 1.74 bits per heavy atom. The maximum atomic E-state index is 11.2. The van der Waals surface area contributed by atoms with Gasteiger partial charge in [0.05, 0.1) is 13.0 Å². The molecule has 2 aromatic rings. The standard InChI is InChI=1S/C18H22N2O3/c1-22-16-3-2-4-17(10-16)23-12-14-7-5-13(6-8-14)9-15(11-19)18(20)21/h2-8,10,15H,9,11-12,19H2,1H3,(H2,20,21)/t15-/m0/s1. The molecule has 0 bridgehead atoms. The van der Waals surface area contributed by atoms with E-state index in [1.807, 2.05) is 48.5 Å². The lowest BCUT2D eigenvalue weighted by atomic mass is 9.98. The molecule has 0 saturated carbocycles. The van der Waals surface area contributed by atoms with Crippen LogP contribution in [0.25, 0.3) is 0 Å². The van der Waals surface area contributed by atoms with Gasteiger partial charge < -0.3 is 20.9 Å². The maximum absolute atomic E-state index is 11.2. The lowest BCUT2D eigenvalue weighted by molar-refractivity contribution is -0.121. The molecule has 0 aromatic heterocycles. The largest absolute Gasteiger partial charge is 0.497 e. The quantitative estimate of drug-likeness (QED) is 0.778. The highest BCUT2D eigenvalue weighted by atomic mass is 16.5. The van der Waals surface area contributed by atoms with Gasteiger partial charge in [-0.05, 0) is 29.7 Å². The average Bonchev–Trinajstić information content (AvgIpc) is 2.58. The summed E-state index contributed by atoms with van der Waals surface area (Å²) in [7, 11) is 1.62. The zero-order valence-electron chi connectivity index (χ0n) is 13.2. The number of methoxy groups -OCH3 is 1. The molecule has 1 amide bonds.